The van der Waals surface area contributed by atoms with Crippen molar-refractivity contribution in [3.63, 3.8) is 0 Å². The Morgan fingerprint density at radius 3 is 2.66 bits per heavy atom. The normalized spacial score (nSPS) is 18.6. The summed E-state index contributed by atoms with van der Waals surface area (Å²) in [6.07, 6.45) is 4.70. The first kappa shape index (κ1) is 20.8. The Balaban J connectivity index is 1.43. The zero-order valence-electron chi connectivity index (χ0n) is 18.2. The fourth-order valence-corrected chi connectivity index (χ4v) is 4.43. The lowest BCUT2D eigenvalue weighted by Gasteiger charge is -2.44. The van der Waals surface area contributed by atoms with Gasteiger partial charge in [-0.05, 0) is 6.42 Å². The number of carbonyl (C=O) groups is 1. The summed E-state index contributed by atoms with van der Waals surface area (Å²) in [5.74, 6) is 2.02. The van der Waals surface area contributed by atoms with Crippen molar-refractivity contribution in [2.24, 2.45) is 0 Å². The lowest BCUT2D eigenvalue weighted by molar-refractivity contribution is -0.136. The number of amides is 1. The Hall–Kier alpha value is -3.05. The van der Waals surface area contributed by atoms with Crippen LogP contribution in [-0.2, 0) is 20.7 Å². The van der Waals surface area contributed by atoms with Crippen LogP contribution in [0.4, 0.5) is 17.7 Å². The number of anilines is 3. The van der Waals surface area contributed by atoms with Crippen LogP contribution in [0.3, 0.4) is 0 Å². The van der Waals surface area contributed by atoms with Crippen molar-refractivity contribution in [2.75, 3.05) is 75.2 Å². The Labute approximate surface area is 186 Å². The maximum atomic E-state index is 12.3. The average Bonchev–Trinajstić information content (AvgIpc) is 3.21. The Morgan fingerprint density at radius 2 is 1.94 bits per heavy atom. The highest BCUT2D eigenvalue weighted by Gasteiger charge is 2.39. The molecule has 2 aromatic heterocycles. The first-order valence-electron chi connectivity index (χ1n) is 11.0. The number of methoxy groups -OCH3 is 1. The van der Waals surface area contributed by atoms with Crippen molar-refractivity contribution in [3.8, 4) is 11.3 Å². The molecule has 0 unspecified atom stereocenters. The fraction of sp³-hybridized carbons (Fsp3) is 0.571. The van der Waals surface area contributed by atoms with Gasteiger partial charge in [-0.25, -0.2) is 15.0 Å². The highest BCUT2D eigenvalue weighted by molar-refractivity contribution is 5.78. The third kappa shape index (κ3) is 3.93. The lowest BCUT2D eigenvalue weighted by Crippen LogP contribution is -2.61. The minimum Gasteiger partial charge on any atom is -0.384 e. The van der Waals surface area contributed by atoms with E-state index in [1.807, 2.05) is 4.90 Å². The van der Waals surface area contributed by atoms with Crippen molar-refractivity contribution >= 4 is 23.6 Å². The number of aromatic nitrogens is 4. The monoisotopic (exact) mass is 440 g/mol. The Kier molecular flexibility index (Phi) is 5.75. The average molecular weight is 441 g/mol. The number of nitrogens with zero attached hydrogens (tertiary/aromatic N) is 7. The molecule has 5 rings (SSSR count). The number of likely N-dealkylation sites (tertiary alicyclic amines) is 1. The molecule has 0 aromatic carbocycles. The summed E-state index contributed by atoms with van der Waals surface area (Å²) in [7, 11) is 1.61. The van der Waals surface area contributed by atoms with E-state index in [0.717, 1.165) is 48.7 Å². The minimum atomic E-state index is 0.138. The van der Waals surface area contributed by atoms with Gasteiger partial charge in [-0.1, -0.05) is 0 Å². The summed E-state index contributed by atoms with van der Waals surface area (Å²) < 4.78 is 10.5. The first-order chi connectivity index (χ1) is 15.6. The van der Waals surface area contributed by atoms with E-state index in [0.29, 0.717) is 45.3 Å². The van der Waals surface area contributed by atoms with Gasteiger partial charge in [-0.2, -0.15) is 4.98 Å². The van der Waals surface area contributed by atoms with Crippen LogP contribution in [0.25, 0.3) is 11.3 Å². The molecule has 5 heterocycles. The van der Waals surface area contributed by atoms with Crippen LogP contribution in [0.15, 0.2) is 12.4 Å². The molecule has 2 saturated heterocycles. The predicted octanol–water partition coefficient (Wildman–Crippen LogP) is -0.0378. The summed E-state index contributed by atoms with van der Waals surface area (Å²) in [5, 5.41) is 0. The number of nitrogen functional groups attached to an aromatic ring is 1. The molecule has 3 aliphatic rings. The van der Waals surface area contributed by atoms with Crippen molar-refractivity contribution in [1.82, 2.24) is 24.8 Å². The molecule has 2 fully saturated rings. The number of nitrogens with two attached hydrogens (primary N) is 1. The fourth-order valence-electron chi connectivity index (χ4n) is 4.43. The minimum absolute atomic E-state index is 0.138. The van der Waals surface area contributed by atoms with E-state index in [2.05, 4.69) is 19.8 Å². The quantitative estimate of drug-likeness (QED) is 0.655. The second-order valence-corrected chi connectivity index (χ2v) is 8.24. The molecule has 170 valence electrons. The Morgan fingerprint density at radius 1 is 1.19 bits per heavy atom. The number of ether oxygens (including phenoxy) is 2. The molecule has 3 aliphatic heterocycles. The van der Waals surface area contributed by atoms with E-state index in [9.17, 15) is 4.79 Å². The second kappa shape index (κ2) is 8.83. The van der Waals surface area contributed by atoms with Gasteiger partial charge in [0, 0.05) is 63.4 Å². The molecule has 0 saturated carbocycles. The molecule has 0 atom stereocenters. The standard InChI is InChI=1S/C21H28N8O3/c1-31-7-3-17(30)28-12-15(13-28)29-4-2-16-18(14-10-23-20(22)24-11-14)25-21(26-19(16)29)27-5-8-32-9-6-27/h10-11,15H,2-9,12-13H2,1H3,(H2,22,23,24). The molecule has 0 aliphatic carbocycles. The third-order valence-corrected chi connectivity index (χ3v) is 6.26. The molecule has 32 heavy (non-hydrogen) atoms. The van der Waals surface area contributed by atoms with Gasteiger partial charge in [0.2, 0.25) is 17.8 Å². The van der Waals surface area contributed by atoms with E-state index in [1.54, 1.807) is 19.5 Å². The van der Waals surface area contributed by atoms with E-state index in [-0.39, 0.29) is 17.9 Å². The van der Waals surface area contributed by atoms with E-state index >= 15 is 0 Å². The van der Waals surface area contributed by atoms with Gasteiger partial charge in [0.15, 0.2) is 0 Å². The molecule has 2 N–H and O–H groups in total. The first-order valence-corrected chi connectivity index (χ1v) is 11.0. The maximum Gasteiger partial charge on any atom is 0.228 e. The lowest BCUT2D eigenvalue weighted by atomic mass is 10.1. The van der Waals surface area contributed by atoms with Gasteiger partial charge in [0.1, 0.15) is 5.82 Å². The molecule has 1 amide bonds. The summed E-state index contributed by atoms with van der Waals surface area (Å²) in [4.78, 5) is 36.9. The van der Waals surface area contributed by atoms with Crippen LogP contribution in [0.5, 0.6) is 0 Å². The number of carbonyl (C=O) groups excluding carboxylic acids is 1. The molecule has 11 nitrogen and oxygen atoms in total. The van der Waals surface area contributed by atoms with Gasteiger partial charge >= 0.3 is 0 Å². The third-order valence-electron chi connectivity index (χ3n) is 6.26. The topological polar surface area (TPSA) is 123 Å². The van der Waals surface area contributed by atoms with E-state index < -0.39 is 0 Å². The maximum absolute atomic E-state index is 12.3. The zero-order valence-corrected chi connectivity index (χ0v) is 18.2. The van der Waals surface area contributed by atoms with Gasteiger partial charge in [0.05, 0.1) is 38.0 Å². The zero-order chi connectivity index (χ0) is 22.1. The van der Waals surface area contributed by atoms with E-state index in [4.69, 9.17) is 25.2 Å². The smallest absolute Gasteiger partial charge is 0.228 e. The summed E-state index contributed by atoms with van der Waals surface area (Å²) >= 11 is 0. The molecular formula is C21H28N8O3. The van der Waals surface area contributed by atoms with Crippen molar-refractivity contribution in [3.05, 3.63) is 18.0 Å². The molecule has 11 heteroatoms. The van der Waals surface area contributed by atoms with Crippen molar-refractivity contribution < 1.29 is 14.3 Å². The number of hydrogen-bond acceptors (Lipinski definition) is 10. The summed E-state index contributed by atoms with van der Waals surface area (Å²) in [5.41, 5.74) is 8.48. The Bertz CT molecular complexity index is 974. The van der Waals surface area contributed by atoms with Crippen molar-refractivity contribution in [1.29, 1.82) is 0 Å². The molecule has 2 aromatic rings. The van der Waals surface area contributed by atoms with Crippen LogP contribution in [0, 0.1) is 0 Å². The van der Waals surface area contributed by atoms with Gasteiger partial charge in [-0.15, -0.1) is 0 Å². The largest absolute Gasteiger partial charge is 0.384 e. The molecular weight excluding hydrogens is 412 g/mol. The molecule has 0 spiro atoms. The van der Waals surface area contributed by atoms with Crippen LogP contribution in [-0.4, -0.2) is 96.4 Å². The summed E-state index contributed by atoms with van der Waals surface area (Å²) in [6, 6.07) is 0.255. The van der Waals surface area contributed by atoms with Crippen LogP contribution in [0.2, 0.25) is 0 Å². The summed E-state index contributed by atoms with van der Waals surface area (Å²) in [6.45, 7) is 5.54. The van der Waals surface area contributed by atoms with E-state index in [1.165, 1.54) is 0 Å². The van der Waals surface area contributed by atoms with Crippen LogP contribution in [0.1, 0.15) is 12.0 Å². The highest BCUT2D eigenvalue weighted by atomic mass is 16.5. The molecule has 0 radical (unpaired) electrons. The number of morpholine rings is 1. The number of fused-ring (bicyclic) bond motifs is 1. The number of hydrogen-bond donors (Lipinski definition) is 1. The van der Waals surface area contributed by atoms with Crippen LogP contribution >= 0.6 is 0 Å². The van der Waals surface area contributed by atoms with Gasteiger partial charge in [0.25, 0.3) is 0 Å². The predicted molar refractivity (Wildman–Crippen MR) is 118 cm³/mol. The van der Waals surface area contributed by atoms with Gasteiger partial charge < -0.3 is 29.9 Å². The van der Waals surface area contributed by atoms with Crippen LogP contribution < -0.4 is 15.5 Å². The number of rotatable bonds is 6. The SMILES string of the molecule is COCCC(=O)N1CC(N2CCc3c(-c4cnc(N)nc4)nc(N4CCOCC4)nc32)C1. The van der Waals surface area contributed by atoms with Gasteiger partial charge in [-0.3, -0.25) is 4.79 Å². The second-order valence-electron chi connectivity index (χ2n) is 8.24. The highest BCUT2D eigenvalue weighted by Crippen LogP contribution is 2.37. The van der Waals surface area contributed by atoms with Crippen molar-refractivity contribution in [2.45, 2.75) is 18.9 Å². The molecule has 0 bridgehead atoms.